The summed E-state index contributed by atoms with van der Waals surface area (Å²) in [7, 11) is 0. The van der Waals surface area contributed by atoms with Gasteiger partial charge in [-0.15, -0.1) is 6.58 Å². The Morgan fingerprint density at radius 3 is 2.83 bits per heavy atom. The Kier molecular flexibility index (Phi) is 4.36. The number of nitrogens with zero attached hydrogens (tertiary/aromatic N) is 1. The summed E-state index contributed by atoms with van der Waals surface area (Å²) in [6, 6.07) is -0.292. The number of carbonyl (C=O) groups excluding carboxylic acids is 2. The maximum Gasteiger partial charge on any atom is 0.245 e. The lowest BCUT2D eigenvalue weighted by Crippen LogP contribution is -2.59. The Hall–Kier alpha value is -1.36. The zero-order chi connectivity index (χ0) is 13.0. The van der Waals surface area contributed by atoms with E-state index in [-0.39, 0.29) is 24.4 Å². The molecule has 0 bridgehead atoms. The van der Waals surface area contributed by atoms with E-state index in [1.54, 1.807) is 11.0 Å². The molecule has 2 aliphatic rings. The highest BCUT2D eigenvalue weighted by Crippen LogP contribution is 2.34. The largest absolute Gasteiger partial charge is 0.379 e. The lowest BCUT2D eigenvalue weighted by molar-refractivity contribution is -0.145. The molecule has 5 nitrogen and oxygen atoms in total. The summed E-state index contributed by atoms with van der Waals surface area (Å²) in [5, 5.41) is 2.78. The van der Waals surface area contributed by atoms with Gasteiger partial charge in [0.25, 0.3) is 0 Å². The van der Waals surface area contributed by atoms with E-state index in [1.807, 2.05) is 0 Å². The van der Waals surface area contributed by atoms with Crippen LogP contribution in [-0.2, 0) is 14.3 Å². The lowest BCUT2D eigenvalue weighted by Gasteiger charge is -2.32. The first-order valence-electron chi connectivity index (χ1n) is 6.49. The van der Waals surface area contributed by atoms with Gasteiger partial charge in [0, 0.05) is 6.54 Å². The van der Waals surface area contributed by atoms with Crippen LogP contribution in [0.2, 0.25) is 0 Å². The molecule has 5 heteroatoms. The molecule has 1 N–H and O–H groups in total. The Morgan fingerprint density at radius 1 is 1.39 bits per heavy atom. The van der Waals surface area contributed by atoms with Crippen molar-refractivity contribution < 1.29 is 14.3 Å². The minimum Gasteiger partial charge on any atom is -0.379 e. The Balaban J connectivity index is 1.77. The molecule has 100 valence electrons. The smallest absolute Gasteiger partial charge is 0.245 e. The molecule has 0 radical (unpaired) electrons. The third-order valence-electron chi connectivity index (χ3n) is 3.29. The van der Waals surface area contributed by atoms with E-state index in [9.17, 15) is 9.59 Å². The molecule has 1 saturated heterocycles. The predicted molar refractivity (Wildman–Crippen MR) is 66.9 cm³/mol. The first-order chi connectivity index (χ1) is 8.72. The molecule has 2 amide bonds. The normalized spacial score (nSPS) is 24.0. The van der Waals surface area contributed by atoms with Gasteiger partial charge >= 0.3 is 0 Å². The fraction of sp³-hybridized carbons (Fsp3) is 0.692. The second kappa shape index (κ2) is 6.00. The van der Waals surface area contributed by atoms with Crippen molar-refractivity contribution in [3.8, 4) is 0 Å². The third kappa shape index (κ3) is 3.32. The van der Waals surface area contributed by atoms with Crippen LogP contribution in [0.25, 0.3) is 0 Å². The van der Waals surface area contributed by atoms with E-state index >= 15 is 0 Å². The molecule has 0 aromatic carbocycles. The summed E-state index contributed by atoms with van der Waals surface area (Å²) in [6.07, 6.45) is 4.68. The molecular weight excluding hydrogens is 232 g/mol. The van der Waals surface area contributed by atoms with Gasteiger partial charge in [-0.3, -0.25) is 9.59 Å². The first kappa shape index (κ1) is 13.1. The molecule has 2 rings (SSSR count). The first-order valence-corrected chi connectivity index (χ1v) is 6.49. The molecule has 2 fully saturated rings. The van der Waals surface area contributed by atoms with Crippen LogP contribution in [0.4, 0.5) is 0 Å². The topological polar surface area (TPSA) is 58.6 Å². The van der Waals surface area contributed by atoms with Crippen molar-refractivity contribution in [2.45, 2.75) is 25.3 Å². The summed E-state index contributed by atoms with van der Waals surface area (Å²) < 4.78 is 5.37. The van der Waals surface area contributed by atoms with Gasteiger partial charge in [-0.05, 0) is 25.2 Å². The zero-order valence-electron chi connectivity index (χ0n) is 10.6. The highest BCUT2D eigenvalue weighted by atomic mass is 16.5. The second-order valence-electron chi connectivity index (χ2n) is 4.83. The molecule has 1 saturated carbocycles. The number of piperazine rings is 1. The highest BCUT2D eigenvalue weighted by molar-refractivity contribution is 5.95. The van der Waals surface area contributed by atoms with Crippen LogP contribution in [0, 0.1) is 5.92 Å². The molecular formula is C13H20N2O3. The van der Waals surface area contributed by atoms with Crippen LogP contribution in [0.15, 0.2) is 12.7 Å². The van der Waals surface area contributed by atoms with Gasteiger partial charge in [-0.2, -0.15) is 0 Å². The van der Waals surface area contributed by atoms with E-state index in [2.05, 4.69) is 11.9 Å². The molecule has 18 heavy (non-hydrogen) atoms. The molecule has 1 heterocycles. The molecule has 0 aromatic heterocycles. The van der Waals surface area contributed by atoms with Crippen molar-refractivity contribution in [2.75, 3.05) is 26.3 Å². The molecule has 1 aliphatic carbocycles. The van der Waals surface area contributed by atoms with Gasteiger partial charge in [0.15, 0.2) is 0 Å². The fourth-order valence-electron chi connectivity index (χ4n) is 2.11. The van der Waals surface area contributed by atoms with Gasteiger partial charge in [-0.25, -0.2) is 0 Å². The molecule has 0 aromatic rings. The molecule has 1 atom stereocenters. The Bertz CT molecular complexity index is 339. The van der Waals surface area contributed by atoms with Crippen LogP contribution in [0.1, 0.15) is 19.3 Å². The van der Waals surface area contributed by atoms with Crippen molar-refractivity contribution >= 4 is 11.8 Å². The van der Waals surface area contributed by atoms with Gasteiger partial charge in [0.05, 0.1) is 19.8 Å². The molecule has 1 unspecified atom stereocenters. The second-order valence-corrected chi connectivity index (χ2v) is 4.83. The lowest BCUT2D eigenvalue weighted by atomic mass is 10.1. The van der Waals surface area contributed by atoms with E-state index < -0.39 is 0 Å². The number of amides is 2. The highest BCUT2D eigenvalue weighted by Gasteiger charge is 2.42. The number of carbonyl (C=O) groups is 2. The van der Waals surface area contributed by atoms with Crippen LogP contribution >= 0.6 is 0 Å². The number of nitrogens with one attached hydrogen (secondary N) is 1. The van der Waals surface area contributed by atoms with Crippen molar-refractivity contribution in [1.29, 1.82) is 0 Å². The standard InChI is InChI=1S/C13H20N2O3/c1-2-3-7-18-8-6-15-9-11(16)14-12(13(15)17)10-4-5-10/h2,10,12H,1,3-9H2,(H,14,16). The van der Waals surface area contributed by atoms with Crippen molar-refractivity contribution in [1.82, 2.24) is 10.2 Å². The Morgan fingerprint density at radius 2 is 2.17 bits per heavy atom. The van der Waals surface area contributed by atoms with Gasteiger partial charge in [-0.1, -0.05) is 6.08 Å². The minimum absolute atomic E-state index is 0.0458. The quantitative estimate of drug-likeness (QED) is 0.524. The van der Waals surface area contributed by atoms with Crippen molar-refractivity contribution in [2.24, 2.45) is 5.92 Å². The van der Waals surface area contributed by atoms with Gasteiger partial charge < -0.3 is 15.0 Å². The minimum atomic E-state index is -0.292. The number of hydrogen-bond donors (Lipinski definition) is 1. The predicted octanol–water partition coefficient (Wildman–Crippen LogP) is 0.316. The van der Waals surface area contributed by atoms with E-state index in [4.69, 9.17) is 4.74 Å². The number of rotatable bonds is 7. The average molecular weight is 252 g/mol. The third-order valence-corrected chi connectivity index (χ3v) is 3.29. The van der Waals surface area contributed by atoms with Crippen LogP contribution in [0.5, 0.6) is 0 Å². The van der Waals surface area contributed by atoms with Crippen molar-refractivity contribution in [3.05, 3.63) is 12.7 Å². The summed E-state index contributed by atoms with van der Waals surface area (Å²) in [5.41, 5.74) is 0. The summed E-state index contributed by atoms with van der Waals surface area (Å²) >= 11 is 0. The van der Waals surface area contributed by atoms with Gasteiger partial charge in [0.1, 0.15) is 6.04 Å². The van der Waals surface area contributed by atoms with Crippen LogP contribution in [0.3, 0.4) is 0 Å². The zero-order valence-corrected chi connectivity index (χ0v) is 10.6. The van der Waals surface area contributed by atoms with Gasteiger partial charge in [0.2, 0.25) is 11.8 Å². The van der Waals surface area contributed by atoms with Crippen molar-refractivity contribution in [3.63, 3.8) is 0 Å². The summed E-state index contributed by atoms with van der Waals surface area (Å²) in [5.74, 6) is 0.341. The summed E-state index contributed by atoms with van der Waals surface area (Å²) in [4.78, 5) is 25.3. The number of ether oxygens (including phenoxy) is 1. The molecule has 0 spiro atoms. The maximum atomic E-state index is 12.1. The van der Waals surface area contributed by atoms with Crippen LogP contribution < -0.4 is 5.32 Å². The SMILES string of the molecule is C=CCCOCCN1CC(=O)NC(C2CC2)C1=O. The fourth-order valence-corrected chi connectivity index (χ4v) is 2.11. The molecule has 1 aliphatic heterocycles. The van der Waals surface area contributed by atoms with E-state index in [0.29, 0.717) is 25.7 Å². The summed E-state index contributed by atoms with van der Waals surface area (Å²) in [6.45, 7) is 5.35. The number of hydrogen-bond acceptors (Lipinski definition) is 3. The van der Waals surface area contributed by atoms with Crippen LogP contribution in [-0.4, -0.2) is 49.1 Å². The average Bonchev–Trinajstić information content (AvgIpc) is 3.17. The monoisotopic (exact) mass is 252 g/mol. The Labute approximate surface area is 107 Å². The van der Waals surface area contributed by atoms with E-state index in [0.717, 1.165) is 19.3 Å². The van der Waals surface area contributed by atoms with E-state index in [1.165, 1.54) is 0 Å². The maximum absolute atomic E-state index is 12.1.